The lowest BCUT2D eigenvalue weighted by molar-refractivity contribution is -0.121. The lowest BCUT2D eigenvalue weighted by Crippen LogP contribution is -2.42. The van der Waals surface area contributed by atoms with E-state index < -0.39 is 5.97 Å². The Morgan fingerprint density at radius 1 is 1.41 bits per heavy atom. The molecule has 0 spiro atoms. The van der Waals surface area contributed by atoms with Gasteiger partial charge in [-0.05, 0) is 30.5 Å². The summed E-state index contributed by atoms with van der Waals surface area (Å²) in [7, 11) is 0. The van der Waals surface area contributed by atoms with E-state index in [0.29, 0.717) is 30.0 Å². The fourth-order valence-electron chi connectivity index (χ4n) is 2.47. The molecule has 1 amide bonds. The van der Waals surface area contributed by atoms with Crippen molar-refractivity contribution in [3.8, 4) is 5.75 Å². The first-order valence-electron chi connectivity index (χ1n) is 5.51. The standard InChI is InChI=1S/C12H11NO4/c14-10-6-17-9-4-3-8(12(15)16)7-2-1-5-13(10)11(7)9/h3-4H,1-2,5-6H2,(H,15,16). The summed E-state index contributed by atoms with van der Waals surface area (Å²) in [4.78, 5) is 24.5. The highest BCUT2D eigenvalue weighted by Gasteiger charge is 2.32. The quantitative estimate of drug-likeness (QED) is 0.787. The lowest BCUT2D eigenvalue weighted by Gasteiger charge is -2.35. The first kappa shape index (κ1) is 10.1. The van der Waals surface area contributed by atoms with Crippen LogP contribution >= 0.6 is 0 Å². The number of carboxylic acid groups (broad SMARTS) is 1. The van der Waals surface area contributed by atoms with E-state index in [1.165, 1.54) is 0 Å². The molecule has 1 N–H and O–H groups in total. The summed E-state index contributed by atoms with van der Waals surface area (Å²) in [6, 6.07) is 3.18. The Morgan fingerprint density at radius 3 is 3.00 bits per heavy atom. The minimum Gasteiger partial charge on any atom is -0.482 e. The molecule has 0 saturated carbocycles. The molecule has 5 nitrogen and oxygen atoms in total. The molecule has 88 valence electrons. The predicted molar refractivity (Wildman–Crippen MR) is 59.6 cm³/mol. The van der Waals surface area contributed by atoms with Crippen LogP contribution in [-0.2, 0) is 11.2 Å². The van der Waals surface area contributed by atoms with Gasteiger partial charge in [-0.15, -0.1) is 0 Å². The van der Waals surface area contributed by atoms with Crippen LogP contribution in [0.4, 0.5) is 5.69 Å². The molecule has 0 bridgehead atoms. The Balaban J connectivity index is 2.24. The van der Waals surface area contributed by atoms with E-state index >= 15 is 0 Å². The van der Waals surface area contributed by atoms with Crippen LogP contribution in [0.5, 0.6) is 5.75 Å². The number of carbonyl (C=O) groups excluding carboxylic acids is 1. The zero-order valence-corrected chi connectivity index (χ0v) is 9.10. The van der Waals surface area contributed by atoms with Gasteiger partial charge in [0.2, 0.25) is 0 Å². The van der Waals surface area contributed by atoms with Gasteiger partial charge in [-0.25, -0.2) is 4.79 Å². The molecule has 3 rings (SSSR count). The van der Waals surface area contributed by atoms with Gasteiger partial charge in [-0.2, -0.15) is 0 Å². The van der Waals surface area contributed by atoms with Gasteiger partial charge < -0.3 is 14.7 Å². The van der Waals surface area contributed by atoms with Crippen LogP contribution < -0.4 is 9.64 Å². The van der Waals surface area contributed by atoms with Crippen molar-refractivity contribution in [2.24, 2.45) is 0 Å². The molecular weight excluding hydrogens is 222 g/mol. The summed E-state index contributed by atoms with van der Waals surface area (Å²) in [6.45, 7) is 0.685. The molecule has 2 aliphatic heterocycles. The van der Waals surface area contributed by atoms with E-state index in [1.54, 1.807) is 17.0 Å². The molecule has 2 heterocycles. The van der Waals surface area contributed by atoms with Gasteiger partial charge in [-0.3, -0.25) is 4.79 Å². The van der Waals surface area contributed by atoms with E-state index in [0.717, 1.165) is 6.42 Å². The van der Waals surface area contributed by atoms with Gasteiger partial charge in [0.05, 0.1) is 11.3 Å². The third-order valence-electron chi connectivity index (χ3n) is 3.21. The number of anilines is 1. The summed E-state index contributed by atoms with van der Waals surface area (Å²) < 4.78 is 5.33. The third-order valence-corrected chi connectivity index (χ3v) is 3.21. The topological polar surface area (TPSA) is 66.8 Å². The average Bonchev–Trinajstić information content (AvgIpc) is 2.33. The lowest BCUT2D eigenvalue weighted by atomic mass is 9.95. The molecule has 0 radical (unpaired) electrons. The van der Waals surface area contributed by atoms with Gasteiger partial charge in [0.15, 0.2) is 6.61 Å². The molecular formula is C12H11NO4. The molecule has 0 aromatic heterocycles. The van der Waals surface area contributed by atoms with E-state index in [9.17, 15) is 9.59 Å². The van der Waals surface area contributed by atoms with Gasteiger partial charge in [0, 0.05) is 6.54 Å². The van der Waals surface area contributed by atoms with E-state index in [4.69, 9.17) is 9.84 Å². The van der Waals surface area contributed by atoms with Crippen LogP contribution in [0.25, 0.3) is 0 Å². The molecule has 0 unspecified atom stereocenters. The third kappa shape index (κ3) is 1.39. The number of aromatic carboxylic acids is 1. The molecule has 0 fully saturated rings. The fourth-order valence-corrected chi connectivity index (χ4v) is 2.47. The monoisotopic (exact) mass is 233 g/mol. The summed E-state index contributed by atoms with van der Waals surface area (Å²) >= 11 is 0. The maximum Gasteiger partial charge on any atom is 0.336 e. The van der Waals surface area contributed by atoms with Crippen molar-refractivity contribution in [1.82, 2.24) is 0 Å². The Labute approximate surface area is 97.6 Å². The largest absolute Gasteiger partial charge is 0.482 e. The normalized spacial score (nSPS) is 17.4. The molecule has 17 heavy (non-hydrogen) atoms. The molecule has 1 aromatic rings. The summed E-state index contributed by atoms with van der Waals surface area (Å²) in [5, 5.41) is 9.13. The number of benzene rings is 1. The second-order valence-corrected chi connectivity index (χ2v) is 4.18. The van der Waals surface area contributed by atoms with Crippen LogP contribution in [0.1, 0.15) is 22.3 Å². The highest BCUT2D eigenvalue weighted by Crippen LogP contribution is 2.40. The minimum atomic E-state index is -0.956. The predicted octanol–water partition coefficient (Wildman–Crippen LogP) is 1.06. The Kier molecular flexibility index (Phi) is 2.07. The van der Waals surface area contributed by atoms with Crippen molar-refractivity contribution >= 4 is 17.6 Å². The fraction of sp³-hybridized carbons (Fsp3) is 0.333. The van der Waals surface area contributed by atoms with Crippen LogP contribution in [-0.4, -0.2) is 30.1 Å². The SMILES string of the molecule is O=C(O)c1ccc2c3c1CCCN3C(=O)CO2. The van der Waals surface area contributed by atoms with Crippen molar-refractivity contribution in [2.45, 2.75) is 12.8 Å². The number of ether oxygens (including phenoxy) is 1. The number of amides is 1. The van der Waals surface area contributed by atoms with Crippen LogP contribution in [0.2, 0.25) is 0 Å². The van der Waals surface area contributed by atoms with Crippen molar-refractivity contribution in [2.75, 3.05) is 18.1 Å². The smallest absolute Gasteiger partial charge is 0.336 e. The zero-order valence-electron chi connectivity index (χ0n) is 9.10. The van der Waals surface area contributed by atoms with Gasteiger partial charge in [-0.1, -0.05) is 0 Å². The number of carbonyl (C=O) groups is 2. The van der Waals surface area contributed by atoms with Crippen molar-refractivity contribution in [3.63, 3.8) is 0 Å². The Bertz CT molecular complexity index is 523. The number of nitrogens with zero attached hydrogens (tertiary/aromatic N) is 1. The van der Waals surface area contributed by atoms with Crippen molar-refractivity contribution < 1.29 is 19.4 Å². The Hall–Kier alpha value is -2.04. The van der Waals surface area contributed by atoms with Crippen LogP contribution in [0.3, 0.4) is 0 Å². The maximum atomic E-state index is 11.7. The van der Waals surface area contributed by atoms with Gasteiger partial charge >= 0.3 is 5.97 Å². The second-order valence-electron chi connectivity index (χ2n) is 4.18. The number of hydrogen-bond acceptors (Lipinski definition) is 3. The van der Waals surface area contributed by atoms with Crippen molar-refractivity contribution in [1.29, 1.82) is 0 Å². The van der Waals surface area contributed by atoms with Crippen LogP contribution in [0.15, 0.2) is 12.1 Å². The summed E-state index contributed by atoms with van der Waals surface area (Å²) in [5.41, 5.74) is 1.65. The Morgan fingerprint density at radius 2 is 2.24 bits per heavy atom. The van der Waals surface area contributed by atoms with E-state index in [-0.39, 0.29) is 18.1 Å². The second kappa shape index (κ2) is 3.48. The molecule has 0 aliphatic carbocycles. The zero-order chi connectivity index (χ0) is 12.0. The number of hydrogen-bond donors (Lipinski definition) is 1. The number of rotatable bonds is 1. The number of carboxylic acids is 1. The first-order chi connectivity index (χ1) is 8.18. The van der Waals surface area contributed by atoms with Crippen LogP contribution in [0, 0.1) is 0 Å². The van der Waals surface area contributed by atoms with E-state index in [1.807, 2.05) is 0 Å². The molecule has 2 aliphatic rings. The average molecular weight is 233 g/mol. The summed E-state index contributed by atoms with van der Waals surface area (Å²) in [6.07, 6.45) is 1.47. The van der Waals surface area contributed by atoms with E-state index in [2.05, 4.69) is 0 Å². The molecule has 0 atom stereocenters. The minimum absolute atomic E-state index is 0.0405. The highest BCUT2D eigenvalue weighted by atomic mass is 16.5. The highest BCUT2D eigenvalue weighted by molar-refractivity contribution is 6.02. The first-order valence-corrected chi connectivity index (χ1v) is 5.51. The van der Waals surface area contributed by atoms with Crippen molar-refractivity contribution in [3.05, 3.63) is 23.3 Å². The maximum absolute atomic E-state index is 11.7. The van der Waals surface area contributed by atoms with Gasteiger partial charge in [0.25, 0.3) is 5.91 Å². The molecule has 1 aromatic carbocycles. The van der Waals surface area contributed by atoms with Gasteiger partial charge in [0.1, 0.15) is 5.75 Å². The molecule has 0 saturated heterocycles. The molecule has 5 heteroatoms. The summed E-state index contributed by atoms with van der Waals surface area (Å²) in [5.74, 6) is -0.437.